The molecule has 40 heavy (non-hydrogen) atoms. The molecule has 0 fully saturated rings. The predicted molar refractivity (Wildman–Crippen MR) is 154 cm³/mol. The summed E-state index contributed by atoms with van der Waals surface area (Å²) in [6.45, 7) is 2.34. The molecule has 1 amide bonds. The van der Waals surface area contributed by atoms with Gasteiger partial charge in [0.25, 0.3) is 11.5 Å². The number of hydrogen-bond acceptors (Lipinski definition) is 6. The zero-order chi connectivity index (χ0) is 28.4. The number of nitrogens with one attached hydrogen (secondary N) is 2. The molecular formula is C30H28ClN5O4. The van der Waals surface area contributed by atoms with Crippen LogP contribution in [0.2, 0.25) is 5.02 Å². The number of benzene rings is 2. The van der Waals surface area contributed by atoms with Gasteiger partial charge in [-0.15, -0.1) is 0 Å². The number of amides is 1. The average molecular weight is 558 g/mol. The normalized spacial score (nSPS) is 11.1. The quantitative estimate of drug-likeness (QED) is 0.279. The van der Waals surface area contributed by atoms with E-state index in [1.165, 1.54) is 10.5 Å². The number of fused-ring (bicyclic) bond motifs is 2. The Morgan fingerprint density at radius 1 is 1.02 bits per heavy atom. The van der Waals surface area contributed by atoms with E-state index >= 15 is 0 Å². The molecule has 0 radical (unpaired) electrons. The van der Waals surface area contributed by atoms with Gasteiger partial charge < -0.3 is 19.4 Å². The summed E-state index contributed by atoms with van der Waals surface area (Å²) in [4.78, 5) is 31.7. The molecule has 3 heterocycles. The van der Waals surface area contributed by atoms with E-state index < -0.39 is 5.91 Å². The number of carbonyl (C=O) groups is 1. The highest BCUT2D eigenvalue weighted by molar-refractivity contribution is 6.31. The van der Waals surface area contributed by atoms with E-state index in [2.05, 4.69) is 5.32 Å². The van der Waals surface area contributed by atoms with Gasteiger partial charge in [0.15, 0.2) is 11.5 Å². The number of aromatic nitrogens is 3. The molecule has 0 saturated carbocycles. The summed E-state index contributed by atoms with van der Waals surface area (Å²) < 4.78 is 13.7. The Morgan fingerprint density at radius 3 is 2.55 bits per heavy atom. The molecule has 204 valence electrons. The van der Waals surface area contributed by atoms with Crippen LogP contribution in [0.15, 0.2) is 71.7 Å². The molecule has 10 heteroatoms. The van der Waals surface area contributed by atoms with Gasteiger partial charge in [-0.05, 0) is 60.4 Å². The van der Waals surface area contributed by atoms with Gasteiger partial charge in [0.2, 0.25) is 0 Å². The monoisotopic (exact) mass is 557 g/mol. The van der Waals surface area contributed by atoms with E-state index in [0.717, 1.165) is 16.7 Å². The highest BCUT2D eigenvalue weighted by Gasteiger charge is 2.19. The topological polar surface area (TPSA) is 111 Å². The van der Waals surface area contributed by atoms with Crippen LogP contribution >= 0.6 is 11.6 Å². The summed E-state index contributed by atoms with van der Waals surface area (Å²) in [5.74, 6) is 0.760. The summed E-state index contributed by atoms with van der Waals surface area (Å²) in [5, 5.41) is 12.6. The third kappa shape index (κ3) is 5.03. The van der Waals surface area contributed by atoms with Gasteiger partial charge in [-0.25, -0.2) is 4.98 Å². The van der Waals surface area contributed by atoms with Crippen LogP contribution in [0.5, 0.6) is 11.5 Å². The van der Waals surface area contributed by atoms with Gasteiger partial charge in [-0.2, -0.15) is 0 Å². The lowest BCUT2D eigenvalue weighted by atomic mass is 10.1. The van der Waals surface area contributed by atoms with Crippen molar-refractivity contribution in [2.75, 3.05) is 20.8 Å². The summed E-state index contributed by atoms with van der Waals surface area (Å²) in [6.07, 6.45) is 2.17. The molecule has 0 bridgehead atoms. The molecule has 3 aromatic heterocycles. The Kier molecular flexibility index (Phi) is 7.57. The predicted octanol–water partition coefficient (Wildman–Crippen LogP) is 4.13. The van der Waals surface area contributed by atoms with Crippen molar-refractivity contribution in [2.24, 2.45) is 0 Å². The van der Waals surface area contributed by atoms with Crippen molar-refractivity contribution in [1.29, 1.82) is 5.41 Å². The minimum atomic E-state index is -0.464. The molecule has 0 aliphatic rings. The van der Waals surface area contributed by atoms with Crippen molar-refractivity contribution in [3.8, 4) is 11.5 Å². The van der Waals surface area contributed by atoms with Gasteiger partial charge in [0.05, 0.1) is 31.7 Å². The zero-order valence-electron chi connectivity index (χ0n) is 22.3. The molecule has 2 aromatic carbocycles. The van der Waals surface area contributed by atoms with Crippen molar-refractivity contribution in [3.63, 3.8) is 0 Å². The van der Waals surface area contributed by atoms with Crippen molar-refractivity contribution in [3.05, 3.63) is 110 Å². The number of rotatable bonds is 8. The van der Waals surface area contributed by atoms with Crippen LogP contribution in [-0.4, -0.2) is 40.6 Å². The molecule has 0 aliphatic heterocycles. The summed E-state index contributed by atoms with van der Waals surface area (Å²) in [7, 11) is 3.14. The van der Waals surface area contributed by atoms with E-state index in [-0.39, 0.29) is 28.5 Å². The van der Waals surface area contributed by atoms with Gasteiger partial charge in [-0.1, -0.05) is 41.9 Å². The van der Waals surface area contributed by atoms with E-state index in [1.54, 1.807) is 37.1 Å². The second-order valence-corrected chi connectivity index (χ2v) is 9.73. The molecule has 5 aromatic rings. The Morgan fingerprint density at radius 2 is 1.80 bits per heavy atom. The first-order valence-electron chi connectivity index (χ1n) is 12.6. The highest BCUT2D eigenvalue weighted by atomic mass is 35.5. The van der Waals surface area contributed by atoms with Gasteiger partial charge in [0.1, 0.15) is 16.8 Å². The van der Waals surface area contributed by atoms with E-state index in [0.29, 0.717) is 40.8 Å². The number of hydrogen-bond donors (Lipinski definition) is 2. The third-order valence-electron chi connectivity index (χ3n) is 6.81. The third-order valence-corrected chi connectivity index (χ3v) is 7.18. The number of ether oxygens (including phenoxy) is 2. The second-order valence-electron chi connectivity index (χ2n) is 9.32. The first-order chi connectivity index (χ1) is 19.3. The van der Waals surface area contributed by atoms with Crippen molar-refractivity contribution in [2.45, 2.75) is 19.9 Å². The van der Waals surface area contributed by atoms with Crippen LogP contribution in [-0.2, 0) is 13.0 Å². The van der Waals surface area contributed by atoms with Crippen molar-refractivity contribution in [1.82, 2.24) is 19.3 Å². The fraction of sp³-hybridized carbons (Fsp3) is 0.200. The maximum absolute atomic E-state index is 13.6. The first-order valence-corrected chi connectivity index (χ1v) is 13.0. The number of pyridine rings is 2. The van der Waals surface area contributed by atoms with Gasteiger partial charge in [-0.3, -0.25) is 19.4 Å². The minimum Gasteiger partial charge on any atom is -0.493 e. The van der Waals surface area contributed by atoms with Crippen LogP contribution in [0.25, 0.3) is 16.7 Å². The Labute approximate surface area is 235 Å². The average Bonchev–Trinajstić information content (AvgIpc) is 2.96. The SMILES string of the molecule is COc1ccc(CCNC(=O)c2cc3c(=O)n4cccc(C)c4nc3n(Cc3ccccc3Cl)c2=N)cc1OC. The minimum absolute atomic E-state index is 0.0679. The number of halogens is 1. The lowest BCUT2D eigenvalue weighted by molar-refractivity contribution is 0.0951. The van der Waals surface area contributed by atoms with Crippen molar-refractivity contribution < 1.29 is 14.3 Å². The van der Waals surface area contributed by atoms with Crippen LogP contribution in [0.1, 0.15) is 27.0 Å². The zero-order valence-corrected chi connectivity index (χ0v) is 23.1. The number of nitrogens with zero attached hydrogens (tertiary/aromatic N) is 3. The molecule has 0 spiro atoms. The molecule has 0 saturated heterocycles. The Hall–Kier alpha value is -4.63. The molecular weight excluding hydrogens is 530 g/mol. The number of aryl methyl sites for hydroxylation is 1. The molecule has 9 nitrogen and oxygen atoms in total. The lowest BCUT2D eigenvalue weighted by Crippen LogP contribution is -2.36. The molecule has 0 atom stereocenters. The summed E-state index contributed by atoms with van der Waals surface area (Å²) in [5.41, 5.74) is 2.97. The smallest absolute Gasteiger partial charge is 0.267 e. The lowest BCUT2D eigenvalue weighted by Gasteiger charge is -2.16. The van der Waals surface area contributed by atoms with Crippen LogP contribution < -0.4 is 25.8 Å². The van der Waals surface area contributed by atoms with Crippen molar-refractivity contribution >= 4 is 34.2 Å². The molecule has 0 aliphatic carbocycles. The van der Waals surface area contributed by atoms with E-state index in [9.17, 15) is 9.59 Å². The highest BCUT2D eigenvalue weighted by Crippen LogP contribution is 2.27. The van der Waals surface area contributed by atoms with Crippen LogP contribution in [0, 0.1) is 12.3 Å². The largest absolute Gasteiger partial charge is 0.493 e. The Balaban J connectivity index is 1.55. The standard InChI is InChI=1S/C30H28ClN5O4/c1-18-7-6-14-35-27(18)34-28-22(30(35)38)16-21(26(32)36(28)17-20-8-4-5-9-23(20)31)29(37)33-13-12-19-10-11-24(39-2)25(15-19)40-3/h4-11,14-16,32H,12-13,17H2,1-3H3,(H,33,37). The maximum atomic E-state index is 13.6. The van der Waals surface area contributed by atoms with Crippen LogP contribution in [0.3, 0.4) is 0 Å². The number of carbonyl (C=O) groups excluding carboxylic acids is 1. The van der Waals surface area contributed by atoms with E-state index in [4.69, 9.17) is 31.5 Å². The molecule has 0 unspecified atom stereocenters. The fourth-order valence-electron chi connectivity index (χ4n) is 4.67. The van der Waals surface area contributed by atoms with Crippen LogP contribution in [0.4, 0.5) is 0 Å². The van der Waals surface area contributed by atoms with Gasteiger partial charge >= 0.3 is 0 Å². The molecule has 5 rings (SSSR count). The maximum Gasteiger partial charge on any atom is 0.267 e. The summed E-state index contributed by atoms with van der Waals surface area (Å²) in [6, 6.07) is 17.9. The van der Waals surface area contributed by atoms with E-state index in [1.807, 2.05) is 49.4 Å². The first kappa shape index (κ1) is 27.0. The number of methoxy groups -OCH3 is 2. The molecule has 2 N–H and O–H groups in total. The summed E-state index contributed by atoms with van der Waals surface area (Å²) >= 11 is 6.44. The second kappa shape index (κ2) is 11.2. The van der Waals surface area contributed by atoms with Gasteiger partial charge in [0, 0.05) is 17.8 Å². The fourth-order valence-corrected chi connectivity index (χ4v) is 4.87. The Bertz CT molecular complexity index is 1880.